The van der Waals surface area contributed by atoms with Crippen LogP contribution >= 0.6 is 0 Å². The smallest absolute Gasteiger partial charge is 0.409 e. The van der Waals surface area contributed by atoms with Gasteiger partial charge in [-0.15, -0.1) is 0 Å². The van der Waals surface area contributed by atoms with Gasteiger partial charge in [0.15, 0.2) is 0 Å². The Morgan fingerprint density at radius 2 is 1.73 bits per heavy atom. The van der Waals surface area contributed by atoms with Crippen LogP contribution in [0.5, 0.6) is 0 Å². The molecule has 1 aromatic carbocycles. The molecule has 0 unspecified atom stereocenters. The third-order valence-corrected chi connectivity index (χ3v) is 2.92. The van der Waals surface area contributed by atoms with E-state index < -0.39 is 17.1 Å². The molecule has 120 valence electrons. The van der Waals surface area contributed by atoms with E-state index in [0.717, 1.165) is 4.90 Å². The van der Waals surface area contributed by atoms with Gasteiger partial charge in [-0.05, 0) is 17.7 Å². The molecule has 0 radical (unpaired) electrons. The SMILES string of the molecule is CN(CCN(C)C(=O)OCc1ccc([N+](=O)[O-])cc1)C(=O)O. The molecule has 0 fully saturated rings. The van der Waals surface area contributed by atoms with Crippen LogP contribution in [-0.4, -0.2) is 59.2 Å². The first kappa shape index (κ1) is 17.2. The van der Waals surface area contributed by atoms with Crippen molar-refractivity contribution in [1.29, 1.82) is 0 Å². The molecular weight excluding hydrogens is 294 g/mol. The molecule has 0 saturated heterocycles. The summed E-state index contributed by atoms with van der Waals surface area (Å²) in [5.74, 6) is 0. The molecule has 1 aromatic rings. The van der Waals surface area contributed by atoms with Crippen molar-refractivity contribution in [2.24, 2.45) is 0 Å². The number of carbonyl (C=O) groups is 2. The quantitative estimate of drug-likeness (QED) is 0.632. The summed E-state index contributed by atoms with van der Waals surface area (Å²) in [7, 11) is 2.90. The molecular formula is C13H17N3O6. The highest BCUT2D eigenvalue weighted by atomic mass is 16.6. The van der Waals surface area contributed by atoms with Crippen LogP contribution in [0.2, 0.25) is 0 Å². The van der Waals surface area contributed by atoms with Crippen molar-refractivity contribution in [3.63, 3.8) is 0 Å². The van der Waals surface area contributed by atoms with Crippen molar-refractivity contribution in [3.05, 3.63) is 39.9 Å². The van der Waals surface area contributed by atoms with E-state index in [-0.39, 0.29) is 25.4 Å². The first-order chi connectivity index (χ1) is 10.3. The van der Waals surface area contributed by atoms with Crippen LogP contribution < -0.4 is 0 Å². The minimum absolute atomic E-state index is 0.0179. The van der Waals surface area contributed by atoms with Gasteiger partial charge < -0.3 is 19.6 Å². The molecule has 0 atom stereocenters. The maximum Gasteiger partial charge on any atom is 0.409 e. The number of nitrogens with zero attached hydrogens (tertiary/aromatic N) is 3. The molecule has 0 aliphatic heterocycles. The molecule has 0 bridgehead atoms. The Bertz CT molecular complexity index is 545. The number of ether oxygens (including phenoxy) is 1. The summed E-state index contributed by atoms with van der Waals surface area (Å²) in [4.78, 5) is 34.6. The third kappa shape index (κ3) is 5.27. The van der Waals surface area contributed by atoms with E-state index in [0.29, 0.717) is 5.56 Å². The van der Waals surface area contributed by atoms with Gasteiger partial charge in [0, 0.05) is 39.3 Å². The first-order valence-electron chi connectivity index (χ1n) is 6.36. The molecule has 9 heteroatoms. The van der Waals surface area contributed by atoms with Crippen molar-refractivity contribution >= 4 is 17.9 Å². The number of hydrogen-bond donors (Lipinski definition) is 1. The van der Waals surface area contributed by atoms with Crippen LogP contribution in [0.4, 0.5) is 15.3 Å². The predicted octanol–water partition coefficient (Wildman–Crippen LogP) is 1.77. The van der Waals surface area contributed by atoms with E-state index in [2.05, 4.69) is 0 Å². The Hall–Kier alpha value is -2.84. The van der Waals surface area contributed by atoms with E-state index in [4.69, 9.17) is 9.84 Å². The number of carboxylic acid groups (broad SMARTS) is 1. The minimum Gasteiger partial charge on any atom is -0.465 e. The lowest BCUT2D eigenvalue weighted by molar-refractivity contribution is -0.384. The minimum atomic E-state index is -1.08. The van der Waals surface area contributed by atoms with Crippen LogP contribution in [0.25, 0.3) is 0 Å². The Morgan fingerprint density at radius 1 is 1.18 bits per heavy atom. The van der Waals surface area contributed by atoms with Crippen molar-refractivity contribution in [2.45, 2.75) is 6.61 Å². The van der Waals surface area contributed by atoms with Crippen LogP contribution in [-0.2, 0) is 11.3 Å². The molecule has 1 N–H and O–H groups in total. The van der Waals surface area contributed by atoms with Crippen LogP contribution in [0.1, 0.15) is 5.56 Å². The van der Waals surface area contributed by atoms with Crippen molar-refractivity contribution in [2.75, 3.05) is 27.2 Å². The Morgan fingerprint density at radius 3 is 2.23 bits per heavy atom. The fourth-order valence-corrected chi connectivity index (χ4v) is 1.46. The Balaban J connectivity index is 2.41. The predicted molar refractivity (Wildman–Crippen MR) is 76.6 cm³/mol. The van der Waals surface area contributed by atoms with Crippen LogP contribution in [0.15, 0.2) is 24.3 Å². The van der Waals surface area contributed by atoms with Gasteiger partial charge >= 0.3 is 12.2 Å². The maximum atomic E-state index is 11.7. The lowest BCUT2D eigenvalue weighted by Gasteiger charge is -2.20. The van der Waals surface area contributed by atoms with Crippen molar-refractivity contribution in [3.8, 4) is 0 Å². The average molecular weight is 311 g/mol. The number of benzene rings is 1. The lowest BCUT2D eigenvalue weighted by Crippen LogP contribution is -2.36. The molecule has 0 aliphatic rings. The Labute approximate surface area is 126 Å². The number of rotatable bonds is 6. The molecule has 9 nitrogen and oxygen atoms in total. The molecule has 0 heterocycles. The second kappa shape index (κ2) is 7.81. The molecule has 22 heavy (non-hydrogen) atoms. The number of carbonyl (C=O) groups excluding carboxylic acids is 1. The standard InChI is InChI=1S/C13H17N3O6/c1-14(12(17)18)7-8-15(2)13(19)22-9-10-3-5-11(6-4-10)16(20)21/h3-6H,7-9H2,1-2H3,(H,17,18). The van der Waals surface area contributed by atoms with E-state index in [1.807, 2.05) is 0 Å². The number of non-ortho nitro benzene ring substituents is 1. The molecule has 1 rings (SSSR count). The van der Waals surface area contributed by atoms with E-state index in [1.165, 1.54) is 43.3 Å². The second-order valence-electron chi connectivity index (χ2n) is 4.60. The highest BCUT2D eigenvalue weighted by Crippen LogP contribution is 2.12. The van der Waals surface area contributed by atoms with Gasteiger partial charge in [0.25, 0.3) is 5.69 Å². The summed E-state index contributed by atoms with van der Waals surface area (Å²) < 4.78 is 5.03. The highest BCUT2D eigenvalue weighted by Gasteiger charge is 2.13. The number of likely N-dealkylation sites (N-methyl/N-ethyl adjacent to an activating group) is 2. The van der Waals surface area contributed by atoms with Gasteiger partial charge in [0.2, 0.25) is 0 Å². The van der Waals surface area contributed by atoms with E-state index in [9.17, 15) is 19.7 Å². The van der Waals surface area contributed by atoms with Crippen molar-refractivity contribution in [1.82, 2.24) is 9.80 Å². The van der Waals surface area contributed by atoms with Gasteiger partial charge in [-0.2, -0.15) is 0 Å². The lowest BCUT2D eigenvalue weighted by atomic mass is 10.2. The van der Waals surface area contributed by atoms with Gasteiger partial charge in [0.05, 0.1) is 4.92 Å². The number of amides is 2. The number of nitro groups is 1. The largest absolute Gasteiger partial charge is 0.465 e. The summed E-state index contributed by atoms with van der Waals surface area (Å²) in [5, 5.41) is 19.2. The van der Waals surface area contributed by atoms with Gasteiger partial charge in [0.1, 0.15) is 6.61 Å². The molecule has 2 amide bonds. The monoisotopic (exact) mass is 311 g/mol. The van der Waals surface area contributed by atoms with E-state index >= 15 is 0 Å². The van der Waals surface area contributed by atoms with Gasteiger partial charge in [-0.25, -0.2) is 9.59 Å². The summed E-state index contributed by atoms with van der Waals surface area (Å²) in [6.45, 7) is 0.344. The fourth-order valence-electron chi connectivity index (χ4n) is 1.46. The van der Waals surface area contributed by atoms with E-state index in [1.54, 1.807) is 0 Å². The van der Waals surface area contributed by atoms with Gasteiger partial charge in [-0.3, -0.25) is 10.1 Å². The van der Waals surface area contributed by atoms with Crippen LogP contribution in [0, 0.1) is 10.1 Å². The summed E-state index contributed by atoms with van der Waals surface area (Å²) in [5.41, 5.74) is 0.582. The third-order valence-electron chi connectivity index (χ3n) is 2.92. The number of hydrogen-bond acceptors (Lipinski definition) is 5. The highest BCUT2D eigenvalue weighted by molar-refractivity contribution is 5.67. The molecule has 0 spiro atoms. The normalized spacial score (nSPS) is 9.91. The maximum absolute atomic E-state index is 11.7. The number of nitro benzene ring substituents is 1. The molecule has 0 aromatic heterocycles. The second-order valence-corrected chi connectivity index (χ2v) is 4.60. The summed E-state index contributed by atoms with van der Waals surface area (Å²) in [6, 6.07) is 5.66. The molecule has 0 saturated carbocycles. The summed E-state index contributed by atoms with van der Waals surface area (Å²) >= 11 is 0. The topological polar surface area (TPSA) is 113 Å². The van der Waals surface area contributed by atoms with Crippen molar-refractivity contribution < 1.29 is 24.4 Å². The summed E-state index contributed by atoms with van der Waals surface area (Å²) in [6.07, 6.45) is -1.68. The first-order valence-corrected chi connectivity index (χ1v) is 6.36. The fraction of sp³-hybridized carbons (Fsp3) is 0.385. The average Bonchev–Trinajstić information content (AvgIpc) is 2.49. The van der Waals surface area contributed by atoms with Gasteiger partial charge in [-0.1, -0.05) is 0 Å². The Kier molecular flexibility index (Phi) is 6.11. The zero-order valence-electron chi connectivity index (χ0n) is 12.3. The van der Waals surface area contributed by atoms with Crippen LogP contribution in [0.3, 0.4) is 0 Å². The molecule has 0 aliphatic carbocycles. The zero-order valence-corrected chi connectivity index (χ0v) is 12.3. The zero-order chi connectivity index (χ0) is 16.7.